The summed E-state index contributed by atoms with van der Waals surface area (Å²) in [6, 6.07) is 22.0. The van der Waals surface area contributed by atoms with Gasteiger partial charge in [-0.25, -0.2) is 9.97 Å². The highest BCUT2D eigenvalue weighted by atomic mass is 15.4. The first-order valence-corrected chi connectivity index (χ1v) is 11.3. The summed E-state index contributed by atoms with van der Waals surface area (Å²) in [5.41, 5.74) is 11.5. The molecule has 3 heterocycles. The summed E-state index contributed by atoms with van der Waals surface area (Å²) in [5.74, 6) is 0.966. The van der Waals surface area contributed by atoms with E-state index in [1.807, 2.05) is 54.1 Å². The molecular formula is C26H22N8. The number of benzene rings is 2. The van der Waals surface area contributed by atoms with Crippen LogP contribution in [0.2, 0.25) is 0 Å². The first kappa shape index (κ1) is 20.1. The average molecular weight is 447 g/mol. The third-order valence-corrected chi connectivity index (χ3v) is 6.59. The zero-order valence-corrected chi connectivity index (χ0v) is 18.7. The molecule has 5 aromatic rings. The molecule has 8 heteroatoms. The van der Waals surface area contributed by atoms with Crippen molar-refractivity contribution >= 4 is 11.6 Å². The predicted octanol–water partition coefficient (Wildman–Crippen LogP) is 4.21. The molecule has 0 bridgehead atoms. The highest BCUT2D eigenvalue weighted by Gasteiger charge is 2.49. The van der Waals surface area contributed by atoms with Crippen molar-refractivity contribution in [2.45, 2.75) is 31.7 Å². The minimum atomic E-state index is -0.216. The van der Waals surface area contributed by atoms with Crippen LogP contribution >= 0.6 is 0 Å². The van der Waals surface area contributed by atoms with Crippen LogP contribution in [0.5, 0.6) is 0 Å². The third kappa shape index (κ3) is 2.90. The number of hydrogen-bond acceptors (Lipinski definition) is 6. The summed E-state index contributed by atoms with van der Waals surface area (Å²) in [7, 11) is 0. The van der Waals surface area contributed by atoms with Crippen LogP contribution in [0.4, 0.5) is 5.95 Å². The van der Waals surface area contributed by atoms with E-state index in [-0.39, 0.29) is 11.4 Å². The maximum absolute atomic E-state index is 9.77. The van der Waals surface area contributed by atoms with Crippen molar-refractivity contribution in [3.63, 3.8) is 0 Å². The van der Waals surface area contributed by atoms with Gasteiger partial charge in [-0.3, -0.25) is 4.68 Å². The van der Waals surface area contributed by atoms with Crippen LogP contribution in [-0.2, 0) is 12.0 Å². The number of nitrogens with zero attached hydrogens (tertiary/aromatic N) is 7. The van der Waals surface area contributed by atoms with Gasteiger partial charge in [0.1, 0.15) is 0 Å². The van der Waals surface area contributed by atoms with Crippen LogP contribution in [0.3, 0.4) is 0 Å². The van der Waals surface area contributed by atoms with Crippen LogP contribution in [0, 0.1) is 11.3 Å². The summed E-state index contributed by atoms with van der Waals surface area (Å²) < 4.78 is 3.52. The first-order chi connectivity index (χ1) is 16.7. The topological polar surface area (TPSA) is 111 Å². The molecular weight excluding hydrogens is 424 g/mol. The van der Waals surface area contributed by atoms with Gasteiger partial charge in [0, 0.05) is 18.3 Å². The average Bonchev–Trinajstić information content (AvgIpc) is 3.33. The second kappa shape index (κ2) is 7.52. The Labute approximate surface area is 196 Å². The number of fused-ring (bicyclic) bond motifs is 1. The summed E-state index contributed by atoms with van der Waals surface area (Å²) in [6.07, 6.45) is 3.72. The Kier molecular flexibility index (Phi) is 4.45. The highest BCUT2D eigenvalue weighted by molar-refractivity contribution is 5.91. The number of nitrogen functional groups attached to an aromatic ring is 1. The molecule has 2 aromatic carbocycles. The normalized spacial score (nSPS) is 14.2. The number of nitriles is 1. The van der Waals surface area contributed by atoms with E-state index in [9.17, 15) is 5.26 Å². The molecule has 1 saturated carbocycles. The van der Waals surface area contributed by atoms with E-state index in [1.54, 1.807) is 16.8 Å². The molecule has 6 rings (SSSR count). The van der Waals surface area contributed by atoms with Gasteiger partial charge in [0.2, 0.25) is 5.95 Å². The van der Waals surface area contributed by atoms with Crippen molar-refractivity contribution in [2.24, 2.45) is 0 Å². The molecule has 0 spiro atoms. The molecule has 0 saturated heterocycles. The third-order valence-electron chi connectivity index (χ3n) is 6.59. The summed E-state index contributed by atoms with van der Waals surface area (Å²) in [5, 5.41) is 19.1. The van der Waals surface area contributed by atoms with Crippen LogP contribution < -0.4 is 5.73 Å². The fourth-order valence-electron chi connectivity index (χ4n) is 4.70. The Morgan fingerprint density at radius 2 is 1.79 bits per heavy atom. The maximum atomic E-state index is 9.77. The lowest BCUT2D eigenvalue weighted by Gasteiger charge is -2.13. The highest BCUT2D eigenvalue weighted by Crippen LogP contribution is 2.52. The van der Waals surface area contributed by atoms with Crippen molar-refractivity contribution in [3.8, 4) is 28.6 Å². The Balaban J connectivity index is 1.67. The molecule has 1 aliphatic rings. The molecule has 34 heavy (non-hydrogen) atoms. The first-order valence-electron chi connectivity index (χ1n) is 11.3. The summed E-state index contributed by atoms with van der Waals surface area (Å²) in [4.78, 5) is 9.81. The minimum absolute atomic E-state index is 0.216. The maximum Gasteiger partial charge on any atom is 0.223 e. The predicted molar refractivity (Wildman–Crippen MR) is 129 cm³/mol. The second-order valence-corrected chi connectivity index (χ2v) is 8.50. The number of hydrogen-bond donors (Lipinski definition) is 1. The molecule has 0 radical (unpaired) electrons. The van der Waals surface area contributed by atoms with Gasteiger partial charge < -0.3 is 5.73 Å². The molecule has 8 nitrogen and oxygen atoms in total. The molecule has 0 aliphatic heterocycles. The molecule has 1 aliphatic carbocycles. The van der Waals surface area contributed by atoms with E-state index < -0.39 is 0 Å². The number of aromatic nitrogens is 6. The van der Waals surface area contributed by atoms with Gasteiger partial charge >= 0.3 is 0 Å². The zero-order chi connectivity index (χ0) is 23.3. The van der Waals surface area contributed by atoms with Crippen molar-refractivity contribution in [3.05, 3.63) is 83.8 Å². The molecule has 1 fully saturated rings. The smallest absolute Gasteiger partial charge is 0.223 e. The van der Waals surface area contributed by atoms with Gasteiger partial charge in [-0.15, -0.1) is 5.10 Å². The molecule has 2 N–H and O–H groups in total. The molecule has 0 atom stereocenters. The van der Waals surface area contributed by atoms with Crippen molar-refractivity contribution < 1.29 is 0 Å². The number of rotatable bonds is 5. The minimum Gasteiger partial charge on any atom is -0.368 e. The Morgan fingerprint density at radius 3 is 2.53 bits per heavy atom. The Morgan fingerprint density at radius 1 is 1.03 bits per heavy atom. The largest absolute Gasteiger partial charge is 0.368 e. The summed E-state index contributed by atoms with van der Waals surface area (Å²) in [6.45, 7) is 2.71. The second-order valence-electron chi connectivity index (χ2n) is 8.50. The number of aryl methyl sites for hydroxylation is 1. The molecule has 166 valence electrons. The van der Waals surface area contributed by atoms with Crippen LogP contribution in [0.1, 0.15) is 36.7 Å². The fraction of sp³-hybridized carbons (Fsp3) is 0.192. The van der Waals surface area contributed by atoms with Crippen molar-refractivity contribution in [2.75, 3.05) is 5.73 Å². The standard InChI is InChI=1S/C26H22N8/c1-2-33-20(12-15-29-33)21-22(19-11-7-6-8-17(19)16-27)30-25(28)34-23(21)31-24(32-34)26(13-14-26)18-9-4-3-5-10-18/h3-12,15H,2,13-14H2,1H3,(H2,28,30). The van der Waals surface area contributed by atoms with Crippen molar-refractivity contribution in [1.29, 1.82) is 5.26 Å². The fourth-order valence-corrected chi connectivity index (χ4v) is 4.70. The number of nitrogens with two attached hydrogens (primary N) is 1. The SMILES string of the molecule is CCn1nccc1-c1c(-c2ccccc2C#N)nc(N)n2nc(C3(c4ccccc4)CC3)nc12. The lowest BCUT2D eigenvalue weighted by molar-refractivity contribution is 0.667. The van der Waals surface area contributed by atoms with E-state index in [0.29, 0.717) is 29.0 Å². The van der Waals surface area contributed by atoms with Gasteiger partial charge in [0.15, 0.2) is 11.5 Å². The lowest BCUT2D eigenvalue weighted by atomic mass is 9.95. The summed E-state index contributed by atoms with van der Waals surface area (Å²) >= 11 is 0. The Bertz CT molecular complexity index is 1570. The van der Waals surface area contributed by atoms with E-state index in [0.717, 1.165) is 29.9 Å². The molecule has 0 amide bonds. The van der Waals surface area contributed by atoms with Crippen LogP contribution in [0.15, 0.2) is 66.9 Å². The number of anilines is 1. The van der Waals surface area contributed by atoms with E-state index in [1.165, 1.54) is 5.56 Å². The monoisotopic (exact) mass is 446 g/mol. The van der Waals surface area contributed by atoms with E-state index >= 15 is 0 Å². The van der Waals surface area contributed by atoms with Gasteiger partial charge in [0.05, 0.1) is 34.0 Å². The van der Waals surface area contributed by atoms with Crippen LogP contribution in [0.25, 0.3) is 28.2 Å². The zero-order valence-electron chi connectivity index (χ0n) is 18.7. The molecule has 0 unspecified atom stereocenters. The van der Waals surface area contributed by atoms with Crippen LogP contribution in [-0.4, -0.2) is 29.4 Å². The van der Waals surface area contributed by atoms with E-state index in [2.05, 4.69) is 23.3 Å². The Hall–Kier alpha value is -4.51. The van der Waals surface area contributed by atoms with Gasteiger partial charge in [-0.2, -0.15) is 14.9 Å². The molecule has 3 aromatic heterocycles. The van der Waals surface area contributed by atoms with Gasteiger partial charge in [-0.1, -0.05) is 48.5 Å². The van der Waals surface area contributed by atoms with E-state index in [4.69, 9.17) is 20.8 Å². The van der Waals surface area contributed by atoms with Gasteiger partial charge in [0.25, 0.3) is 0 Å². The van der Waals surface area contributed by atoms with Gasteiger partial charge in [-0.05, 0) is 37.5 Å². The lowest BCUT2D eigenvalue weighted by Crippen LogP contribution is -2.11. The quantitative estimate of drug-likeness (QED) is 0.433. The van der Waals surface area contributed by atoms with Crippen molar-refractivity contribution in [1.82, 2.24) is 29.4 Å².